The Bertz CT molecular complexity index is 497. The highest BCUT2D eigenvalue weighted by atomic mass is 35.5. The molecule has 104 valence electrons. The van der Waals surface area contributed by atoms with Crippen molar-refractivity contribution in [1.82, 2.24) is 0 Å². The molecule has 0 saturated carbocycles. The van der Waals surface area contributed by atoms with E-state index in [1.807, 2.05) is 6.07 Å². The van der Waals surface area contributed by atoms with Crippen LogP contribution < -0.4 is 4.74 Å². The highest BCUT2D eigenvalue weighted by molar-refractivity contribution is 6.43. The van der Waals surface area contributed by atoms with Crippen LogP contribution in [0.4, 0.5) is 0 Å². The molecular formula is C15H18Cl2O2. The summed E-state index contributed by atoms with van der Waals surface area (Å²) < 4.78 is 11.1. The van der Waals surface area contributed by atoms with Crippen molar-refractivity contribution in [3.63, 3.8) is 0 Å². The van der Waals surface area contributed by atoms with Gasteiger partial charge in [0.1, 0.15) is 5.75 Å². The Hall–Kier alpha value is -0.860. The van der Waals surface area contributed by atoms with Crippen LogP contribution in [0.3, 0.4) is 0 Å². The first kappa shape index (κ1) is 14.5. The van der Waals surface area contributed by atoms with Gasteiger partial charge in [0.25, 0.3) is 0 Å². The lowest BCUT2D eigenvalue weighted by Gasteiger charge is -2.29. The van der Waals surface area contributed by atoms with Gasteiger partial charge in [0, 0.05) is 5.56 Å². The number of allylic oxidation sites excluding steroid dienone is 1. The van der Waals surface area contributed by atoms with Gasteiger partial charge in [-0.3, -0.25) is 0 Å². The molecule has 0 saturated heterocycles. The Morgan fingerprint density at radius 1 is 1.37 bits per heavy atom. The molecule has 1 aliphatic heterocycles. The highest BCUT2D eigenvalue weighted by Gasteiger charge is 2.26. The number of rotatable bonds is 3. The van der Waals surface area contributed by atoms with Gasteiger partial charge in [-0.2, -0.15) is 0 Å². The van der Waals surface area contributed by atoms with E-state index in [1.165, 1.54) is 0 Å². The summed E-state index contributed by atoms with van der Waals surface area (Å²) >= 11 is 12.4. The third-order valence-electron chi connectivity index (χ3n) is 3.69. The third-order valence-corrected chi connectivity index (χ3v) is 4.50. The van der Waals surface area contributed by atoms with Crippen molar-refractivity contribution >= 4 is 28.8 Å². The summed E-state index contributed by atoms with van der Waals surface area (Å²) in [7, 11) is 1.63. The van der Waals surface area contributed by atoms with Crippen LogP contribution in [0.2, 0.25) is 10.0 Å². The molecule has 2 rings (SSSR count). The van der Waals surface area contributed by atoms with Gasteiger partial charge >= 0.3 is 0 Å². The van der Waals surface area contributed by atoms with Crippen LogP contribution >= 0.6 is 23.2 Å². The predicted octanol–water partition coefficient (Wildman–Crippen LogP) is 5.18. The minimum Gasteiger partial charge on any atom is -0.498 e. The van der Waals surface area contributed by atoms with E-state index >= 15 is 0 Å². The molecule has 2 atom stereocenters. The number of halogens is 2. The average molecular weight is 301 g/mol. The van der Waals surface area contributed by atoms with Crippen LogP contribution in [0.1, 0.15) is 32.3 Å². The second-order valence-corrected chi connectivity index (χ2v) is 5.58. The van der Waals surface area contributed by atoms with E-state index in [2.05, 4.69) is 13.8 Å². The third kappa shape index (κ3) is 2.85. The summed E-state index contributed by atoms with van der Waals surface area (Å²) in [4.78, 5) is 0. The molecule has 0 amide bonds. The molecule has 0 fully saturated rings. The molecular weight excluding hydrogens is 283 g/mol. The van der Waals surface area contributed by atoms with Crippen LogP contribution in [-0.4, -0.2) is 13.2 Å². The Labute approximate surface area is 124 Å². The van der Waals surface area contributed by atoms with Crippen molar-refractivity contribution < 1.29 is 9.47 Å². The zero-order valence-electron chi connectivity index (χ0n) is 11.4. The molecule has 0 N–H and O–H groups in total. The maximum absolute atomic E-state index is 6.33. The van der Waals surface area contributed by atoms with E-state index in [0.717, 1.165) is 29.7 Å². The van der Waals surface area contributed by atoms with Crippen LogP contribution in [-0.2, 0) is 4.74 Å². The minimum atomic E-state index is 0.234. The normalized spacial score (nSPS) is 22.7. The number of ether oxygens (including phenoxy) is 2. The van der Waals surface area contributed by atoms with Crippen LogP contribution in [0.5, 0.6) is 5.75 Å². The smallest absolute Gasteiger partial charge is 0.128 e. The van der Waals surface area contributed by atoms with Crippen molar-refractivity contribution in [2.75, 3.05) is 7.11 Å². The zero-order valence-corrected chi connectivity index (χ0v) is 12.9. The maximum atomic E-state index is 6.33. The number of benzene rings is 1. The summed E-state index contributed by atoms with van der Waals surface area (Å²) in [5.74, 6) is 1.22. The standard InChI is InChI=1S/C15H18Cl2O2/c1-4-10-7-11(8-19-9(10)2)14-13(18-3)6-5-12(16)15(14)17/h5-6,8-10H,4,7H2,1-3H3. The fourth-order valence-electron chi connectivity index (χ4n) is 2.44. The molecule has 1 heterocycles. The molecule has 2 nitrogen and oxygen atoms in total. The summed E-state index contributed by atoms with van der Waals surface area (Å²) in [6, 6.07) is 3.58. The molecule has 0 aliphatic carbocycles. The molecule has 2 unspecified atom stereocenters. The Kier molecular flexibility index (Phi) is 4.64. The predicted molar refractivity (Wildman–Crippen MR) is 79.9 cm³/mol. The summed E-state index contributed by atoms with van der Waals surface area (Å²) in [5.41, 5.74) is 1.90. The molecule has 0 spiro atoms. The first-order valence-electron chi connectivity index (χ1n) is 6.45. The first-order chi connectivity index (χ1) is 9.08. The van der Waals surface area contributed by atoms with E-state index in [0.29, 0.717) is 16.0 Å². The van der Waals surface area contributed by atoms with Crippen molar-refractivity contribution in [2.45, 2.75) is 32.8 Å². The zero-order chi connectivity index (χ0) is 14.0. The summed E-state index contributed by atoms with van der Waals surface area (Å²) in [6.07, 6.45) is 4.02. The molecule has 1 aliphatic rings. The van der Waals surface area contributed by atoms with Gasteiger partial charge in [0.2, 0.25) is 0 Å². The van der Waals surface area contributed by atoms with Crippen molar-refractivity contribution in [3.05, 3.63) is 34.0 Å². The van der Waals surface area contributed by atoms with Crippen molar-refractivity contribution in [2.24, 2.45) is 5.92 Å². The SMILES string of the molecule is CCC1CC(c2c(OC)ccc(Cl)c2Cl)=COC1C. The van der Waals surface area contributed by atoms with Gasteiger partial charge in [0.15, 0.2) is 0 Å². The van der Waals surface area contributed by atoms with E-state index in [-0.39, 0.29) is 6.10 Å². The second-order valence-electron chi connectivity index (χ2n) is 4.80. The average Bonchev–Trinajstić information content (AvgIpc) is 2.42. The monoisotopic (exact) mass is 300 g/mol. The minimum absolute atomic E-state index is 0.234. The van der Waals surface area contributed by atoms with E-state index in [4.69, 9.17) is 32.7 Å². The number of methoxy groups -OCH3 is 1. The summed E-state index contributed by atoms with van der Waals surface area (Å²) in [6.45, 7) is 4.27. The van der Waals surface area contributed by atoms with Crippen LogP contribution in [0.15, 0.2) is 18.4 Å². The number of hydrogen-bond acceptors (Lipinski definition) is 2. The van der Waals surface area contributed by atoms with Crippen molar-refractivity contribution in [3.8, 4) is 5.75 Å². The van der Waals surface area contributed by atoms with Crippen LogP contribution in [0.25, 0.3) is 5.57 Å². The second kappa shape index (κ2) is 6.06. The van der Waals surface area contributed by atoms with Gasteiger partial charge in [-0.05, 0) is 43.4 Å². The largest absolute Gasteiger partial charge is 0.498 e. The van der Waals surface area contributed by atoms with E-state index in [9.17, 15) is 0 Å². The highest BCUT2D eigenvalue weighted by Crippen LogP contribution is 2.42. The maximum Gasteiger partial charge on any atom is 0.128 e. The Balaban J connectivity index is 2.44. The lowest BCUT2D eigenvalue weighted by Crippen LogP contribution is -2.22. The number of hydrogen-bond donors (Lipinski definition) is 0. The van der Waals surface area contributed by atoms with Gasteiger partial charge in [-0.15, -0.1) is 0 Å². The van der Waals surface area contributed by atoms with Gasteiger partial charge < -0.3 is 9.47 Å². The lowest BCUT2D eigenvalue weighted by atomic mass is 9.87. The molecule has 0 aromatic heterocycles. The van der Waals surface area contributed by atoms with Gasteiger partial charge in [0.05, 0.1) is 29.5 Å². The topological polar surface area (TPSA) is 18.5 Å². The Morgan fingerprint density at radius 2 is 2.11 bits per heavy atom. The molecule has 4 heteroatoms. The lowest BCUT2D eigenvalue weighted by molar-refractivity contribution is 0.0897. The molecule has 19 heavy (non-hydrogen) atoms. The molecule has 0 bridgehead atoms. The van der Waals surface area contributed by atoms with E-state index < -0.39 is 0 Å². The van der Waals surface area contributed by atoms with Crippen molar-refractivity contribution in [1.29, 1.82) is 0 Å². The fourth-order valence-corrected chi connectivity index (χ4v) is 2.87. The molecule has 1 aromatic carbocycles. The Morgan fingerprint density at radius 3 is 2.74 bits per heavy atom. The fraction of sp³-hybridized carbons (Fsp3) is 0.467. The molecule has 1 aromatic rings. The van der Waals surface area contributed by atoms with Crippen LogP contribution in [0, 0.1) is 5.92 Å². The summed E-state index contributed by atoms with van der Waals surface area (Å²) in [5, 5.41) is 1.06. The van der Waals surface area contributed by atoms with Gasteiger partial charge in [-0.1, -0.05) is 30.1 Å². The van der Waals surface area contributed by atoms with Gasteiger partial charge in [-0.25, -0.2) is 0 Å². The first-order valence-corrected chi connectivity index (χ1v) is 7.20. The van der Waals surface area contributed by atoms with E-state index in [1.54, 1.807) is 19.4 Å². The quantitative estimate of drug-likeness (QED) is 0.766. The molecule has 0 radical (unpaired) electrons.